The van der Waals surface area contributed by atoms with Crippen LogP contribution in [-0.4, -0.2) is 12.5 Å². The smallest absolute Gasteiger partial charge is 0.225 e. The maximum Gasteiger partial charge on any atom is 0.225 e. The van der Waals surface area contributed by atoms with Crippen molar-refractivity contribution in [2.45, 2.75) is 13.0 Å². The molecule has 0 radical (unpaired) electrons. The SMILES string of the molecule is O=C(CCNCc1ccccc1)Nc1ccc(F)c(F)c1F. The van der Waals surface area contributed by atoms with Crippen LogP contribution >= 0.6 is 0 Å². The van der Waals surface area contributed by atoms with Crippen LogP contribution in [0.15, 0.2) is 42.5 Å². The van der Waals surface area contributed by atoms with Gasteiger partial charge < -0.3 is 10.6 Å². The highest BCUT2D eigenvalue weighted by molar-refractivity contribution is 5.90. The molecule has 2 rings (SSSR count). The number of nitrogens with one attached hydrogen (secondary N) is 2. The van der Waals surface area contributed by atoms with Gasteiger partial charge in [-0.2, -0.15) is 0 Å². The summed E-state index contributed by atoms with van der Waals surface area (Å²) in [5.74, 6) is -4.77. The Kier molecular flexibility index (Phi) is 5.55. The first-order chi connectivity index (χ1) is 10.6. The van der Waals surface area contributed by atoms with E-state index in [1.54, 1.807) is 0 Å². The van der Waals surface area contributed by atoms with Gasteiger partial charge in [0.15, 0.2) is 17.5 Å². The second kappa shape index (κ2) is 7.61. The topological polar surface area (TPSA) is 41.1 Å². The minimum absolute atomic E-state index is 0.0886. The Labute approximate surface area is 126 Å². The van der Waals surface area contributed by atoms with Crippen molar-refractivity contribution in [2.75, 3.05) is 11.9 Å². The van der Waals surface area contributed by atoms with Crippen molar-refractivity contribution in [3.05, 3.63) is 65.5 Å². The Hall–Kier alpha value is -2.34. The Morgan fingerprint density at radius 2 is 1.68 bits per heavy atom. The predicted molar refractivity (Wildman–Crippen MR) is 77.7 cm³/mol. The summed E-state index contributed by atoms with van der Waals surface area (Å²) in [4.78, 5) is 11.6. The maximum absolute atomic E-state index is 13.4. The first-order valence-electron chi connectivity index (χ1n) is 6.76. The molecule has 1 amide bonds. The van der Waals surface area contributed by atoms with Crippen LogP contribution in [0.1, 0.15) is 12.0 Å². The van der Waals surface area contributed by atoms with E-state index in [1.807, 2.05) is 30.3 Å². The van der Waals surface area contributed by atoms with Crippen molar-refractivity contribution in [1.82, 2.24) is 5.32 Å². The standard InChI is InChI=1S/C16H15F3N2O/c17-12-6-7-13(16(19)15(12)18)21-14(22)8-9-20-10-11-4-2-1-3-5-11/h1-7,20H,8-10H2,(H,21,22). The number of hydrogen-bond acceptors (Lipinski definition) is 2. The Morgan fingerprint density at radius 3 is 2.41 bits per heavy atom. The Bertz CT molecular complexity index is 647. The molecule has 116 valence electrons. The molecular formula is C16H15F3N2O. The van der Waals surface area contributed by atoms with Gasteiger partial charge in [0, 0.05) is 19.5 Å². The number of benzene rings is 2. The molecule has 0 aromatic heterocycles. The number of hydrogen-bond donors (Lipinski definition) is 2. The van der Waals surface area contributed by atoms with E-state index in [9.17, 15) is 18.0 Å². The number of rotatable bonds is 6. The van der Waals surface area contributed by atoms with Gasteiger partial charge in [0.25, 0.3) is 0 Å². The highest BCUT2D eigenvalue weighted by atomic mass is 19.2. The van der Waals surface area contributed by atoms with Crippen molar-refractivity contribution >= 4 is 11.6 Å². The lowest BCUT2D eigenvalue weighted by Gasteiger charge is -2.08. The molecule has 0 bridgehead atoms. The Balaban J connectivity index is 1.78. The highest BCUT2D eigenvalue weighted by Crippen LogP contribution is 2.19. The normalized spacial score (nSPS) is 10.5. The number of carbonyl (C=O) groups is 1. The van der Waals surface area contributed by atoms with E-state index in [-0.39, 0.29) is 12.1 Å². The quantitative estimate of drug-likeness (QED) is 0.635. The zero-order valence-corrected chi connectivity index (χ0v) is 11.7. The molecule has 0 unspecified atom stereocenters. The van der Waals surface area contributed by atoms with Gasteiger partial charge in [-0.15, -0.1) is 0 Å². The molecule has 0 aliphatic heterocycles. The minimum atomic E-state index is -1.60. The van der Waals surface area contributed by atoms with Crippen LogP contribution in [0.3, 0.4) is 0 Å². The van der Waals surface area contributed by atoms with Crippen LogP contribution in [0.25, 0.3) is 0 Å². The van der Waals surface area contributed by atoms with Gasteiger partial charge in [-0.05, 0) is 17.7 Å². The molecule has 6 heteroatoms. The third-order valence-corrected chi connectivity index (χ3v) is 3.01. The molecule has 0 atom stereocenters. The van der Waals surface area contributed by atoms with Gasteiger partial charge in [0.1, 0.15) is 0 Å². The Morgan fingerprint density at radius 1 is 0.955 bits per heavy atom. The molecule has 2 aromatic rings. The molecule has 0 spiro atoms. The molecule has 0 saturated carbocycles. The molecule has 2 aromatic carbocycles. The zero-order chi connectivity index (χ0) is 15.9. The van der Waals surface area contributed by atoms with Crippen LogP contribution in [0.2, 0.25) is 0 Å². The summed E-state index contributed by atoms with van der Waals surface area (Å²) in [6.07, 6.45) is 0.0886. The fraction of sp³-hybridized carbons (Fsp3) is 0.188. The van der Waals surface area contributed by atoms with Crippen molar-refractivity contribution in [3.63, 3.8) is 0 Å². The number of carbonyl (C=O) groups excluding carboxylic acids is 1. The van der Waals surface area contributed by atoms with Gasteiger partial charge in [-0.1, -0.05) is 30.3 Å². The maximum atomic E-state index is 13.4. The van der Waals surface area contributed by atoms with E-state index in [2.05, 4.69) is 10.6 Å². The fourth-order valence-corrected chi connectivity index (χ4v) is 1.87. The van der Waals surface area contributed by atoms with Gasteiger partial charge in [0.05, 0.1) is 5.69 Å². The van der Waals surface area contributed by atoms with Crippen LogP contribution in [0.5, 0.6) is 0 Å². The van der Waals surface area contributed by atoms with Crippen molar-refractivity contribution in [2.24, 2.45) is 0 Å². The molecule has 0 aliphatic carbocycles. The molecule has 3 nitrogen and oxygen atoms in total. The lowest BCUT2D eigenvalue weighted by atomic mass is 10.2. The summed E-state index contributed by atoms with van der Waals surface area (Å²) in [5, 5.41) is 5.28. The first-order valence-corrected chi connectivity index (χ1v) is 6.76. The van der Waals surface area contributed by atoms with E-state index >= 15 is 0 Å². The molecule has 0 fully saturated rings. The largest absolute Gasteiger partial charge is 0.323 e. The van der Waals surface area contributed by atoms with E-state index in [1.165, 1.54) is 0 Å². The van der Waals surface area contributed by atoms with Gasteiger partial charge >= 0.3 is 0 Å². The third-order valence-electron chi connectivity index (χ3n) is 3.01. The van der Waals surface area contributed by atoms with Gasteiger partial charge in [-0.25, -0.2) is 13.2 Å². The monoisotopic (exact) mass is 308 g/mol. The molecular weight excluding hydrogens is 293 g/mol. The van der Waals surface area contributed by atoms with Crippen molar-refractivity contribution in [3.8, 4) is 0 Å². The second-order valence-electron chi connectivity index (χ2n) is 4.68. The second-order valence-corrected chi connectivity index (χ2v) is 4.68. The van der Waals surface area contributed by atoms with Crippen molar-refractivity contribution in [1.29, 1.82) is 0 Å². The van der Waals surface area contributed by atoms with Crippen LogP contribution in [0.4, 0.5) is 18.9 Å². The predicted octanol–water partition coefficient (Wildman–Crippen LogP) is 3.22. The van der Waals surface area contributed by atoms with Gasteiger partial charge in [-0.3, -0.25) is 4.79 Å². The number of anilines is 1. The van der Waals surface area contributed by atoms with E-state index < -0.39 is 23.4 Å². The molecule has 0 heterocycles. The average Bonchev–Trinajstić information content (AvgIpc) is 2.53. The van der Waals surface area contributed by atoms with E-state index in [0.29, 0.717) is 13.1 Å². The molecule has 2 N–H and O–H groups in total. The summed E-state index contributed by atoms with van der Waals surface area (Å²) >= 11 is 0. The van der Waals surface area contributed by atoms with Crippen LogP contribution < -0.4 is 10.6 Å². The van der Waals surface area contributed by atoms with E-state index in [4.69, 9.17) is 0 Å². The average molecular weight is 308 g/mol. The molecule has 0 saturated heterocycles. The fourth-order valence-electron chi connectivity index (χ4n) is 1.87. The van der Waals surface area contributed by atoms with Gasteiger partial charge in [0.2, 0.25) is 5.91 Å². The zero-order valence-electron chi connectivity index (χ0n) is 11.7. The molecule has 22 heavy (non-hydrogen) atoms. The first kappa shape index (κ1) is 16.0. The highest BCUT2D eigenvalue weighted by Gasteiger charge is 2.14. The summed E-state index contributed by atoms with van der Waals surface area (Å²) in [5.41, 5.74) is 0.710. The summed E-state index contributed by atoms with van der Waals surface area (Å²) in [6.45, 7) is 0.986. The summed E-state index contributed by atoms with van der Waals surface area (Å²) in [6, 6.07) is 11.4. The van der Waals surface area contributed by atoms with Crippen molar-refractivity contribution < 1.29 is 18.0 Å². The lowest BCUT2D eigenvalue weighted by molar-refractivity contribution is -0.116. The number of amides is 1. The summed E-state index contributed by atoms with van der Waals surface area (Å²) in [7, 11) is 0. The molecule has 0 aliphatic rings. The van der Waals surface area contributed by atoms with Crippen LogP contribution in [0, 0.1) is 17.5 Å². The summed E-state index contributed by atoms with van der Waals surface area (Å²) < 4.78 is 39.2. The van der Waals surface area contributed by atoms with E-state index in [0.717, 1.165) is 17.7 Å². The minimum Gasteiger partial charge on any atom is -0.323 e. The van der Waals surface area contributed by atoms with Crippen LogP contribution in [-0.2, 0) is 11.3 Å². The lowest BCUT2D eigenvalue weighted by Crippen LogP contribution is -2.22. The third kappa shape index (κ3) is 4.33. The number of halogens is 3.